The van der Waals surface area contributed by atoms with Crippen molar-refractivity contribution in [2.45, 2.75) is 0 Å². The zero-order valence-electron chi connectivity index (χ0n) is 10.2. The topological polar surface area (TPSA) is 89.7 Å². The Bertz CT molecular complexity index is 734. The molecule has 0 heterocycles. The van der Waals surface area contributed by atoms with Crippen LogP contribution in [0.1, 0.15) is 10.4 Å². The van der Waals surface area contributed by atoms with E-state index in [1.807, 2.05) is 0 Å². The summed E-state index contributed by atoms with van der Waals surface area (Å²) in [6, 6.07) is 8.35. The van der Waals surface area contributed by atoms with Gasteiger partial charge in [0.05, 0.1) is 9.95 Å². The number of nitro benzene ring substituents is 1. The molecule has 2 rings (SSSR count). The van der Waals surface area contributed by atoms with Crippen LogP contribution in [0.25, 0.3) is 0 Å². The van der Waals surface area contributed by atoms with Crippen molar-refractivity contribution >= 4 is 39.2 Å². The lowest BCUT2D eigenvalue weighted by molar-refractivity contribution is -0.385. The predicted octanol–water partition coefficient (Wildman–Crippen LogP) is 4.50. The minimum absolute atomic E-state index is 0.0483. The Morgan fingerprint density at radius 3 is 2.67 bits per heavy atom. The molecule has 0 saturated carbocycles. The van der Waals surface area contributed by atoms with Crippen LogP contribution < -0.4 is 4.74 Å². The maximum atomic E-state index is 11.2. The Morgan fingerprint density at radius 2 is 2.05 bits per heavy atom. The van der Waals surface area contributed by atoms with Gasteiger partial charge in [-0.2, -0.15) is 0 Å². The number of nitrogens with zero attached hydrogens (tertiary/aromatic N) is 1. The van der Waals surface area contributed by atoms with Crippen LogP contribution in [0.5, 0.6) is 11.5 Å². The fourth-order valence-electron chi connectivity index (χ4n) is 1.61. The van der Waals surface area contributed by atoms with Crippen molar-refractivity contribution in [3.63, 3.8) is 0 Å². The maximum absolute atomic E-state index is 11.2. The highest BCUT2D eigenvalue weighted by Gasteiger charge is 2.21. The first-order valence-corrected chi connectivity index (χ1v) is 6.71. The number of rotatable bonds is 4. The van der Waals surface area contributed by atoms with Crippen molar-refractivity contribution in [2.75, 3.05) is 0 Å². The number of aromatic carboxylic acids is 1. The summed E-state index contributed by atoms with van der Waals surface area (Å²) in [6.07, 6.45) is 0. The third-order valence-electron chi connectivity index (χ3n) is 2.53. The largest absolute Gasteiger partial charge is 0.478 e. The predicted molar refractivity (Wildman–Crippen MR) is 79.3 cm³/mol. The van der Waals surface area contributed by atoms with Gasteiger partial charge in [-0.05, 0) is 24.3 Å². The van der Waals surface area contributed by atoms with Gasteiger partial charge in [0, 0.05) is 10.5 Å². The van der Waals surface area contributed by atoms with Crippen LogP contribution in [0.3, 0.4) is 0 Å². The normalized spacial score (nSPS) is 10.2. The molecule has 1 N–H and O–H groups in total. The molecule has 0 radical (unpaired) electrons. The number of hydrogen-bond acceptors (Lipinski definition) is 4. The second kappa shape index (κ2) is 6.11. The first kappa shape index (κ1) is 15.3. The van der Waals surface area contributed by atoms with Gasteiger partial charge in [-0.15, -0.1) is 0 Å². The molecule has 6 nitrogen and oxygen atoms in total. The van der Waals surface area contributed by atoms with Crippen LogP contribution in [-0.4, -0.2) is 16.0 Å². The zero-order valence-corrected chi connectivity index (χ0v) is 12.6. The van der Waals surface area contributed by atoms with E-state index < -0.39 is 10.9 Å². The summed E-state index contributed by atoms with van der Waals surface area (Å²) in [7, 11) is 0. The minimum Gasteiger partial charge on any atom is -0.478 e. The van der Waals surface area contributed by atoms with E-state index in [1.165, 1.54) is 30.3 Å². The number of carbonyl (C=O) groups is 1. The molecular weight excluding hydrogens is 366 g/mol. The van der Waals surface area contributed by atoms with E-state index in [0.29, 0.717) is 4.47 Å². The number of carboxylic acid groups (broad SMARTS) is 1. The second-order valence-electron chi connectivity index (χ2n) is 3.89. The third kappa shape index (κ3) is 3.32. The van der Waals surface area contributed by atoms with Crippen molar-refractivity contribution in [3.05, 3.63) is 61.6 Å². The fourth-order valence-corrected chi connectivity index (χ4v) is 2.17. The van der Waals surface area contributed by atoms with Gasteiger partial charge in [-0.3, -0.25) is 10.1 Å². The lowest BCUT2D eigenvalue weighted by Gasteiger charge is -2.10. The van der Waals surface area contributed by atoms with Crippen LogP contribution in [0.2, 0.25) is 5.02 Å². The molecule has 21 heavy (non-hydrogen) atoms. The van der Waals surface area contributed by atoms with Gasteiger partial charge in [-0.25, -0.2) is 4.79 Å². The first-order chi connectivity index (χ1) is 9.90. The summed E-state index contributed by atoms with van der Waals surface area (Å²) in [5, 5.41) is 20.2. The molecule has 0 aliphatic heterocycles. The average Bonchev–Trinajstić information content (AvgIpc) is 2.42. The van der Waals surface area contributed by atoms with Gasteiger partial charge >= 0.3 is 11.7 Å². The molecule has 2 aromatic rings. The van der Waals surface area contributed by atoms with E-state index in [1.54, 1.807) is 6.07 Å². The van der Waals surface area contributed by atoms with Crippen molar-refractivity contribution in [2.24, 2.45) is 0 Å². The number of para-hydroxylation sites is 1. The third-order valence-corrected chi connectivity index (χ3v) is 3.32. The monoisotopic (exact) mass is 371 g/mol. The van der Waals surface area contributed by atoms with Gasteiger partial charge in [0.1, 0.15) is 5.56 Å². The highest BCUT2D eigenvalue weighted by Crippen LogP contribution is 2.38. The van der Waals surface area contributed by atoms with E-state index in [-0.39, 0.29) is 27.8 Å². The van der Waals surface area contributed by atoms with E-state index in [9.17, 15) is 14.9 Å². The number of benzene rings is 2. The Hall–Kier alpha value is -2.12. The van der Waals surface area contributed by atoms with Crippen LogP contribution >= 0.6 is 27.5 Å². The average molecular weight is 373 g/mol. The summed E-state index contributed by atoms with van der Waals surface area (Å²) in [5.41, 5.74) is -0.486. The van der Waals surface area contributed by atoms with Crippen molar-refractivity contribution in [3.8, 4) is 11.5 Å². The standard InChI is InChI=1S/C13H7BrClNO5/c14-7-4-5-11(10(6-7)16(19)20)21-12-8(13(17)18)2-1-3-9(12)15/h1-6H,(H,17,18). The zero-order chi connectivity index (χ0) is 15.6. The molecule has 0 aromatic heterocycles. The summed E-state index contributed by atoms with van der Waals surface area (Å²) in [6.45, 7) is 0. The molecule has 0 unspecified atom stereocenters. The van der Waals surface area contributed by atoms with E-state index in [4.69, 9.17) is 21.4 Å². The minimum atomic E-state index is -1.24. The van der Waals surface area contributed by atoms with Gasteiger partial charge in [-0.1, -0.05) is 33.6 Å². The SMILES string of the molecule is O=C(O)c1cccc(Cl)c1Oc1ccc(Br)cc1[N+](=O)[O-]. The summed E-state index contributed by atoms with van der Waals surface area (Å²) in [4.78, 5) is 21.6. The molecular formula is C13H7BrClNO5. The van der Waals surface area contributed by atoms with E-state index in [0.717, 1.165) is 0 Å². The molecule has 0 bridgehead atoms. The van der Waals surface area contributed by atoms with E-state index >= 15 is 0 Å². The molecule has 8 heteroatoms. The number of halogens is 2. The van der Waals surface area contributed by atoms with Gasteiger partial charge in [0.2, 0.25) is 5.75 Å². The maximum Gasteiger partial charge on any atom is 0.339 e. The van der Waals surface area contributed by atoms with Gasteiger partial charge in [0.25, 0.3) is 0 Å². The van der Waals surface area contributed by atoms with Crippen molar-refractivity contribution in [1.29, 1.82) is 0 Å². The molecule has 0 atom stereocenters. The Balaban J connectivity index is 2.53. The van der Waals surface area contributed by atoms with Gasteiger partial charge < -0.3 is 9.84 Å². The molecule has 0 spiro atoms. The van der Waals surface area contributed by atoms with E-state index in [2.05, 4.69) is 15.9 Å². The van der Waals surface area contributed by atoms with Crippen LogP contribution in [0, 0.1) is 10.1 Å². The second-order valence-corrected chi connectivity index (χ2v) is 5.22. The van der Waals surface area contributed by atoms with Crippen molar-refractivity contribution in [1.82, 2.24) is 0 Å². The highest BCUT2D eigenvalue weighted by molar-refractivity contribution is 9.10. The fraction of sp³-hybridized carbons (Fsp3) is 0. The van der Waals surface area contributed by atoms with Crippen LogP contribution in [-0.2, 0) is 0 Å². The summed E-state index contributed by atoms with van der Waals surface area (Å²) >= 11 is 9.04. The highest BCUT2D eigenvalue weighted by atomic mass is 79.9. The van der Waals surface area contributed by atoms with Crippen LogP contribution in [0.4, 0.5) is 5.69 Å². The Kier molecular flexibility index (Phi) is 4.44. The molecule has 2 aromatic carbocycles. The molecule has 0 aliphatic carbocycles. The number of nitro groups is 1. The lowest BCUT2D eigenvalue weighted by atomic mass is 10.2. The summed E-state index contributed by atoms with van der Waals surface area (Å²) < 4.78 is 5.87. The number of hydrogen-bond donors (Lipinski definition) is 1. The molecule has 0 amide bonds. The number of ether oxygens (including phenoxy) is 1. The molecule has 0 fully saturated rings. The molecule has 0 saturated heterocycles. The van der Waals surface area contributed by atoms with Crippen molar-refractivity contribution < 1.29 is 19.6 Å². The number of carboxylic acids is 1. The Labute approximate surface area is 132 Å². The molecule has 108 valence electrons. The van der Waals surface area contributed by atoms with Crippen LogP contribution in [0.15, 0.2) is 40.9 Å². The Morgan fingerprint density at radius 1 is 1.33 bits per heavy atom. The quantitative estimate of drug-likeness (QED) is 0.630. The smallest absolute Gasteiger partial charge is 0.339 e. The lowest BCUT2D eigenvalue weighted by Crippen LogP contribution is -2.01. The molecule has 0 aliphatic rings. The van der Waals surface area contributed by atoms with Gasteiger partial charge in [0.15, 0.2) is 5.75 Å². The first-order valence-electron chi connectivity index (χ1n) is 5.53. The summed E-state index contributed by atoms with van der Waals surface area (Å²) in [5.74, 6) is -1.48.